The minimum atomic E-state index is -0.753. The van der Waals surface area contributed by atoms with Crippen LogP contribution < -0.4 is 11.5 Å². The molecule has 1 aromatic carbocycles. The quantitative estimate of drug-likeness (QED) is 0.405. The fraction of sp³-hybridized carbons (Fsp3) is 0.250. The van der Waals surface area contributed by atoms with Gasteiger partial charge in [0.25, 0.3) is 0 Å². The van der Waals surface area contributed by atoms with E-state index < -0.39 is 11.0 Å². The lowest BCUT2D eigenvalue weighted by Gasteiger charge is -2.11. The minimum Gasteiger partial charge on any atom is -0.394 e. The Kier molecular flexibility index (Phi) is 3.46. The Hall–Kier alpha value is -1.37. The third-order valence-electron chi connectivity index (χ3n) is 1.96. The molecule has 0 unspecified atom stereocenters. The van der Waals surface area contributed by atoms with Gasteiger partial charge in [-0.1, -0.05) is 17.7 Å². The minimum absolute atomic E-state index is 0.0288. The largest absolute Gasteiger partial charge is 0.394 e. The van der Waals surface area contributed by atoms with Crippen molar-refractivity contribution in [2.45, 2.75) is 6.04 Å². The third-order valence-corrected chi connectivity index (χ3v) is 2.35. The molecule has 1 aromatic rings. The van der Waals surface area contributed by atoms with Gasteiger partial charge in [0.15, 0.2) is 0 Å². The van der Waals surface area contributed by atoms with Gasteiger partial charge in [0.1, 0.15) is 10.7 Å². The zero-order valence-corrected chi connectivity index (χ0v) is 8.44. The molecular formula is C8H10ClN3O3. The number of rotatable bonds is 3. The van der Waals surface area contributed by atoms with Gasteiger partial charge in [-0.15, -0.1) is 0 Å². The molecule has 0 aliphatic heterocycles. The summed E-state index contributed by atoms with van der Waals surface area (Å²) in [5, 5.41) is 19.3. The maximum absolute atomic E-state index is 10.6. The van der Waals surface area contributed by atoms with E-state index in [0.717, 1.165) is 0 Å². The Bertz CT molecular complexity index is 397. The number of hydrogen-bond donors (Lipinski definition) is 3. The number of nitrogen functional groups attached to an aromatic ring is 1. The van der Waals surface area contributed by atoms with E-state index in [1.165, 1.54) is 12.1 Å². The summed E-state index contributed by atoms with van der Waals surface area (Å²) in [6.07, 6.45) is 0. The Morgan fingerprint density at radius 3 is 2.67 bits per heavy atom. The fourth-order valence-electron chi connectivity index (χ4n) is 1.17. The van der Waals surface area contributed by atoms with Crippen LogP contribution >= 0.6 is 11.6 Å². The number of nitrogens with two attached hydrogens (primary N) is 2. The summed E-state index contributed by atoms with van der Waals surface area (Å²) in [6, 6.07) is 2.05. The summed E-state index contributed by atoms with van der Waals surface area (Å²) in [7, 11) is 0. The Labute approximate surface area is 90.6 Å². The second-order valence-electron chi connectivity index (χ2n) is 2.95. The Morgan fingerprint density at radius 2 is 2.20 bits per heavy atom. The second kappa shape index (κ2) is 4.43. The monoisotopic (exact) mass is 231 g/mol. The molecule has 7 heteroatoms. The average Bonchev–Trinajstić information content (AvgIpc) is 2.16. The fourth-order valence-corrected chi connectivity index (χ4v) is 1.55. The van der Waals surface area contributed by atoms with Crippen LogP contribution in [-0.2, 0) is 0 Å². The van der Waals surface area contributed by atoms with Gasteiger partial charge in [0.2, 0.25) is 0 Å². The smallest absolute Gasteiger partial charge is 0.310 e. The highest BCUT2D eigenvalue weighted by atomic mass is 35.5. The first-order chi connectivity index (χ1) is 6.99. The average molecular weight is 232 g/mol. The van der Waals surface area contributed by atoms with Crippen LogP contribution in [0.4, 0.5) is 11.4 Å². The van der Waals surface area contributed by atoms with Crippen LogP contribution in [0.5, 0.6) is 0 Å². The van der Waals surface area contributed by atoms with Crippen LogP contribution in [-0.4, -0.2) is 16.6 Å². The molecule has 0 aliphatic rings. The van der Waals surface area contributed by atoms with Gasteiger partial charge in [-0.3, -0.25) is 10.1 Å². The highest BCUT2D eigenvalue weighted by Crippen LogP contribution is 2.35. The van der Waals surface area contributed by atoms with Crippen LogP contribution in [0, 0.1) is 10.1 Å². The Balaban J connectivity index is 3.34. The van der Waals surface area contributed by atoms with E-state index in [1.54, 1.807) is 0 Å². The van der Waals surface area contributed by atoms with Crippen molar-refractivity contribution in [2.75, 3.05) is 12.3 Å². The summed E-state index contributed by atoms with van der Waals surface area (Å²) in [5.74, 6) is 0. The van der Waals surface area contributed by atoms with Crippen molar-refractivity contribution in [2.24, 2.45) is 5.73 Å². The molecular weight excluding hydrogens is 222 g/mol. The van der Waals surface area contributed by atoms with E-state index in [-0.39, 0.29) is 23.0 Å². The molecule has 1 rings (SSSR count). The van der Waals surface area contributed by atoms with Crippen molar-refractivity contribution in [1.29, 1.82) is 0 Å². The van der Waals surface area contributed by atoms with Crippen LogP contribution in [0.15, 0.2) is 12.1 Å². The van der Waals surface area contributed by atoms with E-state index in [2.05, 4.69) is 0 Å². The van der Waals surface area contributed by atoms with E-state index in [0.29, 0.717) is 5.56 Å². The van der Waals surface area contributed by atoms with Crippen LogP contribution in [0.25, 0.3) is 0 Å². The number of nitro groups is 1. The normalized spacial score (nSPS) is 12.5. The van der Waals surface area contributed by atoms with Gasteiger partial charge < -0.3 is 16.6 Å². The van der Waals surface area contributed by atoms with Crippen molar-refractivity contribution in [3.05, 3.63) is 32.8 Å². The molecule has 0 radical (unpaired) electrons. The summed E-state index contributed by atoms with van der Waals surface area (Å²) in [6.45, 7) is -0.346. The molecule has 6 nitrogen and oxygen atoms in total. The van der Waals surface area contributed by atoms with Crippen molar-refractivity contribution < 1.29 is 10.0 Å². The SMILES string of the molecule is Nc1ccc([C@H](N)CO)c(Cl)c1[N+](=O)[O-]. The van der Waals surface area contributed by atoms with Gasteiger partial charge >= 0.3 is 5.69 Å². The highest BCUT2D eigenvalue weighted by molar-refractivity contribution is 6.34. The van der Waals surface area contributed by atoms with Gasteiger partial charge in [-0.2, -0.15) is 0 Å². The van der Waals surface area contributed by atoms with E-state index in [4.69, 9.17) is 28.2 Å². The lowest BCUT2D eigenvalue weighted by molar-refractivity contribution is -0.383. The zero-order valence-electron chi connectivity index (χ0n) is 7.68. The Morgan fingerprint density at radius 1 is 1.60 bits per heavy atom. The molecule has 15 heavy (non-hydrogen) atoms. The molecule has 0 saturated carbocycles. The summed E-state index contributed by atoms with van der Waals surface area (Å²) >= 11 is 5.77. The molecule has 0 bridgehead atoms. The van der Waals surface area contributed by atoms with Crippen LogP contribution in [0.1, 0.15) is 11.6 Å². The number of nitro benzene ring substituents is 1. The number of aliphatic hydroxyl groups is 1. The summed E-state index contributed by atoms with van der Waals surface area (Å²) < 4.78 is 0. The second-order valence-corrected chi connectivity index (χ2v) is 3.33. The number of halogens is 1. The number of benzene rings is 1. The standard InChI is InChI=1S/C8H10ClN3O3/c9-7-4(6(11)3-13)1-2-5(10)8(7)12(14)15/h1-2,6,13H,3,10-11H2/t6-/m1/s1. The van der Waals surface area contributed by atoms with E-state index in [1.807, 2.05) is 0 Å². The van der Waals surface area contributed by atoms with Gasteiger partial charge in [0.05, 0.1) is 17.6 Å². The maximum Gasteiger partial charge on any atom is 0.310 e. The summed E-state index contributed by atoms with van der Waals surface area (Å²) in [4.78, 5) is 9.97. The molecule has 0 aromatic heterocycles. The molecule has 5 N–H and O–H groups in total. The van der Waals surface area contributed by atoms with Crippen molar-refractivity contribution in [3.63, 3.8) is 0 Å². The number of nitrogens with zero attached hydrogens (tertiary/aromatic N) is 1. The molecule has 82 valence electrons. The lowest BCUT2D eigenvalue weighted by Crippen LogP contribution is -2.15. The van der Waals surface area contributed by atoms with Crippen LogP contribution in [0.3, 0.4) is 0 Å². The predicted octanol–water partition coefficient (Wildman–Crippen LogP) is 0.823. The lowest BCUT2D eigenvalue weighted by atomic mass is 10.1. The maximum atomic E-state index is 10.6. The van der Waals surface area contributed by atoms with Gasteiger partial charge in [-0.25, -0.2) is 0 Å². The number of aliphatic hydroxyl groups excluding tert-OH is 1. The molecule has 0 fully saturated rings. The molecule has 0 amide bonds. The van der Waals surface area contributed by atoms with Gasteiger partial charge in [-0.05, 0) is 11.6 Å². The summed E-state index contributed by atoms with van der Waals surface area (Å²) in [5.41, 5.74) is 10.8. The molecule has 0 aliphatic carbocycles. The highest BCUT2D eigenvalue weighted by Gasteiger charge is 2.22. The predicted molar refractivity (Wildman–Crippen MR) is 56.5 cm³/mol. The first-order valence-corrected chi connectivity index (χ1v) is 4.45. The van der Waals surface area contributed by atoms with E-state index in [9.17, 15) is 10.1 Å². The zero-order chi connectivity index (χ0) is 11.6. The van der Waals surface area contributed by atoms with Gasteiger partial charge in [0, 0.05) is 0 Å². The molecule has 1 atom stereocenters. The van der Waals surface area contributed by atoms with Crippen molar-refractivity contribution in [3.8, 4) is 0 Å². The number of hydrogen-bond acceptors (Lipinski definition) is 5. The van der Waals surface area contributed by atoms with Crippen molar-refractivity contribution >= 4 is 23.0 Å². The number of anilines is 1. The van der Waals surface area contributed by atoms with E-state index >= 15 is 0 Å². The third kappa shape index (κ3) is 2.17. The topological polar surface area (TPSA) is 115 Å². The van der Waals surface area contributed by atoms with Crippen LogP contribution in [0.2, 0.25) is 5.02 Å². The van der Waals surface area contributed by atoms with Crippen molar-refractivity contribution in [1.82, 2.24) is 0 Å². The molecule has 0 spiro atoms. The molecule has 0 saturated heterocycles. The first kappa shape index (κ1) is 11.7. The molecule has 0 heterocycles. The first-order valence-electron chi connectivity index (χ1n) is 4.07.